The molecule has 3 rings (SSSR count). The van der Waals surface area contributed by atoms with Crippen LogP contribution >= 0.6 is 0 Å². The topological polar surface area (TPSA) is 33.7 Å². The van der Waals surface area contributed by atoms with E-state index in [1.807, 2.05) is 6.07 Å². The number of ether oxygens (including phenoxy) is 2. The summed E-state index contributed by atoms with van der Waals surface area (Å²) in [5.74, 6) is 1.56. The third-order valence-electron chi connectivity index (χ3n) is 3.90. The zero-order chi connectivity index (χ0) is 12.9. The van der Waals surface area contributed by atoms with E-state index >= 15 is 0 Å². The Morgan fingerprint density at radius 3 is 2.95 bits per heavy atom. The number of para-hydroxylation sites is 1. The van der Waals surface area contributed by atoms with Gasteiger partial charge < -0.3 is 14.8 Å². The minimum absolute atomic E-state index is 0.501. The molecule has 1 atom stereocenters. The van der Waals surface area contributed by atoms with E-state index in [9.17, 15) is 0 Å². The van der Waals surface area contributed by atoms with Gasteiger partial charge in [0.1, 0.15) is 5.75 Å². The van der Waals surface area contributed by atoms with Gasteiger partial charge in [0.15, 0.2) is 0 Å². The number of hydrogen-bond donors (Lipinski definition) is 1. The van der Waals surface area contributed by atoms with Gasteiger partial charge in [0, 0.05) is 44.2 Å². The van der Waals surface area contributed by atoms with Gasteiger partial charge in [-0.05, 0) is 6.07 Å². The molecule has 2 heterocycles. The Balaban J connectivity index is 1.39. The maximum Gasteiger partial charge on any atom is 0.122 e. The molecular formula is C15H22N2O2. The number of nitrogens with zero attached hydrogens (tertiary/aromatic N) is 1. The molecule has 0 radical (unpaired) electrons. The van der Waals surface area contributed by atoms with Crippen LogP contribution in [0.1, 0.15) is 11.5 Å². The highest BCUT2D eigenvalue weighted by atomic mass is 16.5. The van der Waals surface area contributed by atoms with Crippen LogP contribution in [0.4, 0.5) is 0 Å². The lowest BCUT2D eigenvalue weighted by atomic mass is 10.0. The van der Waals surface area contributed by atoms with E-state index in [0.717, 1.165) is 58.3 Å². The van der Waals surface area contributed by atoms with Crippen molar-refractivity contribution in [1.29, 1.82) is 0 Å². The van der Waals surface area contributed by atoms with Crippen molar-refractivity contribution in [2.45, 2.75) is 5.92 Å². The molecule has 0 amide bonds. The number of nitrogens with one attached hydrogen (secondary N) is 1. The first-order chi connectivity index (χ1) is 9.43. The predicted octanol–water partition coefficient (Wildman–Crippen LogP) is 1.08. The third kappa shape index (κ3) is 3.26. The van der Waals surface area contributed by atoms with Crippen molar-refractivity contribution in [2.24, 2.45) is 0 Å². The molecule has 0 spiro atoms. The largest absolute Gasteiger partial charge is 0.493 e. The van der Waals surface area contributed by atoms with Gasteiger partial charge >= 0.3 is 0 Å². The molecule has 1 unspecified atom stereocenters. The van der Waals surface area contributed by atoms with Crippen LogP contribution < -0.4 is 10.1 Å². The summed E-state index contributed by atoms with van der Waals surface area (Å²) >= 11 is 0. The normalized spacial score (nSPS) is 23.1. The number of morpholine rings is 1. The SMILES string of the molecule is c1ccc2c(c1)OCC2CNCCN1CCOCC1. The molecule has 104 valence electrons. The van der Waals surface area contributed by atoms with Crippen LogP contribution in [-0.4, -0.2) is 57.4 Å². The quantitative estimate of drug-likeness (QED) is 0.805. The van der Waals surface area contributed by atoms with Crippen LogP contribution in [0.2, 0.25) is 0 Å². The zero-order valence-electron chi connectivity index (χ0n) is 11.3. The van der Waals surface area contributed by atoms with Gasteiger partial charge in [-0.1, -0.05) is 18.2 Å². The molecule has 2 aliphatic heterocycles. The number of hydrogen-bond acceptors (Lipinski definition) is 4. The predicted molar refractivity (Wildman–Crippen MR) is 74.8 cm³/mol. The minimum atomic E-state index is 0.501. The average Bonchev–Trinajstić information content (AvgIpc) is 2.88. The lowest BCUT2D eigenvalue weighted by Crippen LogP contribution is -2.40. The van der Waals surface area contributed by atoms with Gasteiger partial charge in [-0.25, -0.2) is 0 Å². The van der Waals surface area contributed by atoms with Crippen molar-refractivity contribution in [2.75, 3.05) is 52.5 Å². The molecule has 0 saturated carbocycles. The Morgan fingerprint density at radius 2 is 2.05 bits per heavy atom. The summed E-state index contributed by atoms with van der Waals surface area (Å²) in [4.78, 5) is 2.45. The fraction of sp³-hybridized carbons (Fsp3) is 0.600. The zero-order valence-corrected chi connectivity index (χ0v) is 11.3. The second-order valence-corrected chi connectivity index (χ2v) is 5.20. The van der Waals surface area contributed by atoms with Gasteiger partial charge in [-0.2, -0.15) is 0 Å². The first kappa shape index (κ1) is 12.9. The van der Waals surface area contributed by atoms with Crippen LogP contribution in [0.3, 0.4) is 0 Å². The summed E-state index contributed by atoms with van der Waals surface area (Å²) in [6.45, 7) is 7.85. The Labute approximate surface area is 114 Å². The Bertz CT molecular complexity index is 405. The Morgan fingerprint density at radius 1 is 1.21 bits per heavy atom. The Hall–Kier alpha value is -1.10. The molecule has 19 heavy (non-hydrogen) atoms. The van der Waals surface area contributed by atoms with E-state index in [0.29, 0.717) is 5.92 Å². The summed E-state index contributed by atoms with van der Waals surface area (Å²) in [6.07, 6.45) is 0. The van der Waals surface area contributed by atoms with Crippen molar-refractivity contribution in [3.05, 3.63) is 29.8 Å². The van der Waals surface area contributed by atoms with Gasteiger partial charge in [0.2, 0.25) is 0 Å². The smallest absolute Gasteiger partial charge is 0.122 e. The van der Waals surface area contributed by atoms with E-state index < -0.39 is 0 Å². The molecule has 4 heteroatoms. The summed E-state index contributed by atoms with van der Waals surface area (Å²) in [5.41, 5.74) is 1.35. The molecule has 4 nitrogen and oxygen atoms in total. The van der Waals surface area contributed by atoms with Crippen molar-refractivity contribution in [3.8, 4) is 5.75 Å². The second kappa shape index (κ2) is 6.37. The van der Waals surface area contributed by atoms with Gasteiger partial charge in [-0.3, -0.25) is 4.90 Å². The standard InChI is InChI=1S/C15H22N2O2/c1-2-4-15-14(3-1)13(12-19-15)11-16-5-6-17-7-9-18-10-8-17/h1-4,13,16H,5-12H2. The summed E-state index contributed by atoms with van der Waals surface area (Å²) < 4.78 is 11.0. The van der Waals surface area contributed by atoms with Crippen LogP contribution in [0, 0.1) is 0 Å². The van der Waals surface area contributed by atoms with Crippen LogP contribution in [0.15, 0.2) is 24.3 Å². The highest BCUT2D eigenvalue weighted by molar-refractivity contribution is 5.39. The summed E-state index contributed by atoms with van der Waals surface area (Å²) in [5, 5.41) is 3.55. The second-order valence-electron chi connectivity index (χ2n) is 5.20. The molecule has 0 bridgehead atoms. The van der Waals surface area contributed by atoms with Gasteiger partial charge in [-0.15, -0.1) is 0 Å². The van der Waals surface area contributed by atoms with Gasteiger partial charge in [0.25, 0.3) is 0 Å². The van der Waals surface area contributed by atoms with Crippen molar-refractivity contribution in [1.82, 2.24) is 10.2 Å². The van der Waals surface area contributed by atoms with Crippen LogP contribution in [0.5, 0.6) is 5.75 Å². The molecule has 1 N–H and O–H groups in total. The van der Waals surface area contributed by atoms with E-state index in [1.54, 1.807) is 0 Å². The highest BCUT2D eigenvalue weighted by Crippen LogP contribution is 2.32. The first-order valence-electron chi connectivity index (χ1n) is 7.16. The van der Waals surface area contributed by atoms with E-state index in [-0.39, 0.29) is 0 Å². The molecule has 2 aliphatic rings. The number of fused-ring (bicyclic) bond motifs is 1. The fourth-order valence-electron chi connectivity index (χ4n) is 2.74. The number of rotatable bonds is 5. The molecule has 0 aromatic heterocycles. The Kier molecular flexibility index (Phi) is 4.33. The van der Waals surface area contributed by atoms with Crippen LogP contribution in [-0.2, 0) is 4.74 Å². The minimum Gasteiger partial charge on any atom is -0.493 e. The van der Waals surface area contributed by atoms with E-state index in [2.05, 4.69) is 28.4 Å². The lowest BCUT2D eigenvalue weighted by Gasteiger charge is -2.26. The molecular weight excluding hydrogens is 240 g/mol. The fourth-order valence-corrected chi connectivity index (χ4v) is 2.74. The summed E-state index contributed by atoms with van der Waals surface area (Å²) in [6, 6.07) is 8.36. The number of benzene rings is 1. The monoisotopic (exact) mass is 262 g/mol. The van der Waals surface area contributed by atoms with Crippen LogP contribution in [0.25, 0.3) is 0 Å². The first-order valence-corrected chi connectivity index (χ1v) is 7.16. The van der Waals surface area contributed by atoms with Gasteiger partial charge in [0.05, 0.1) is 19.8 Å². The summed E-state index contributed by atoms with van der Waals surface area (Å²) in [7, 11) is 0. The maximum absolute atomic E-state index is 5.69. The van der Waals surface area contributed by atoms with Crippen molar-refractivity contribution in [3.63, 3.8) is 0 Å². The third-order valence-corrected chi connectivity index (χ3v) is 3.90. The lowest BCUT2D eigenvalue weighted by molar-refractivity contribution is 0.0384. The highest BCUT2D eigenvalue weighted by Gasteiger charge is 2.22. The molecule has 1 fully saturated rings. The molecule has 0 aliphatic carbocycles. The van der Waals surface area contributed by atoms with E-state index in [1.165, 1.54) is 5.56 Å². The van der Waals surface area contributed by atoms with Crippen molar-refractivity contribution < 1.29 is 9.47 Å². The molecule has 1 aromatic carbocycles. The van der Waals surface area contributed by atoms with E-state index in [4.69, 9.17) is 9.47 Å². The average molecular weight is 262 g/mol. The van der Waals surface area contributed by atoms with Crippen molar-refractivity contribution >= 4 is 0 Å². The maximum atomic E-state index is 5.69. The molecule has 1 aromatic rings. The molecule has 1 saturated heterocycles.